The van der Waals surface area contributed by atoms with Crippen molar-refractivity contribution in [2.45, 2.75) is 25.8 Å². The number of aryl methyl sites for hydroxylation is 1. The van der Waals surface area contributed by atoms with Crippen molar-refractivity contribution < 1.29 is 36.2 Å². The number of rotatable bonds is 7. The number of aliphatic carboxylic acids is 1. The average molecular weight is 312 g/mol. The molecule has 2 aromatic rings. The number of nitrogens with zero attached hydrogens (tertiary/aromatic N) is 3. The van der Waals surface area contributed by atoms with E-state index in [9.17, 15) is 9.59 Å². The minimum atomic E-state index is -0.959. The van der Waals surface area contributed by atoms with Crippen LogP contribution in [0.2, 0.25) is 0 Å². The Balaban J connectivity index is 0.00000220. The molecule has 2 aromatic heterocycles. The first-order chi connectivity index (χ1) is 9.65. The van der Waals surface area contributed by atoms with Crippen molar-refractivity contribution in [3.05, 3.63) is 30.9 Å². The van der Waals surface area contributed by atoms with Gasteiger partial charge in [0, 0.05) is 12.5 Å². The topological polar surface area (TPSA) is 97.2 Å². The molecule has 0 saturated carbocycles. The molecular weight excluding hydrogens is 298 g/mol. The summed E-state index contributed by atoms with van der Waals surface area (Å²) >= 11 is 0. The van der Waals surface area contributed by atoms with Gasteiger partial charge in [0.05, 0.1) is 24.6 Å². The number of oxazole rings is 1. The third-order valence-electron chi connectivity index (χ3n) is 2.69. The van der Waals surface area contributed by atoms with Gasteiger partial charge in [0.25, 0.3) is 0 Å². The largest absolute Gasteiger partial charge is 1.00 e. The molecule has 0 spiro atoms. The molecule has 0 aliphatic rings. The van der Waals surface area contributed by atoms with E-state index in [0.29, 0.717) is 12.4 Å². The number of halogens is 1. The van der Waals surface area contributed by atoms with Crippen LogP contribution in [0.1, 0.15) is 19.3 Å². The lowest BCUT2D eigenvalue weighted by molar-refractivity contribution is -0.752. The van der Waals surface area contributed by atoms with Gasteiger partial charge in [-0.25, -0.2) is 4.98 Å². The van der Waals surface area contributed by atoms with Crippen LogP contribution < -0.4 is 17.1 Å². The minimum absolute atomic E-state index is 0. The maximum Gasteiger partial charge on any atom is 0.303 e. The second-order valence-electron chi connectivity index (χ2n) is 4.20. The van der Waals surface area contributed by atoms with Gasteiger partial charge in [-0.05, 0) is 5.10 Å². The monoisotopic (exact) mass is 311 g/mol. The van der Waals surface area contributed by atoms with Crippen molar-refractivity contribution >= 4 is 11.8 Å². The fourth-order valence-electron chi connectivity index (χ4n) is 1.62. The highest BCUT2D eigenvalue weighted by Crippen LogP contribution is 2.13. The normalized spacial score (nSPS) is 9.90. The molecule has 1 N–H and O–H groups in total. The van der Waals surface area contributed by atoms with E-state index in [0.717, 1.165) is 5.56 Å². The van der Waals surface area contributed by atoms with Crippen molar-refractivity contribution in [2.24, 2.45) is 0 Å². The Labute approximate surface area is 127 Å². The number of Topliss-reactive ketones (excluding diaryl/α,β-unsaturated/α-hetero) is 1. The second-order valence-corrected chi connectivity index (χ2v) is 4.20. The van der Waals surface area contributed by atoms with Crippen LogP contribution >= 0.6 is 0 Å². The molecule has 0 fully saturated rings. The molecule has 0 radical (unpaired) electrons. The standard InChI is InChI=1S/C13H13N3O4.ClH/c17-11(1-2-12(18)19)4-7-16-6-3-10(9-15-16)13-14-5-8-20-13;/h3,5-6,8-9H,1-2,4,7H2;1H. The fourth-order valence-corrected chi connectivity index (χ4v) is 1.62. The first-order valence-electron chi connectivity index (χ1n) is 6.14. The van der Waals surface area contributed by atoms with Crippen LogP contribution in [0.15, 0.2) is 35.3 Å². The lowest BCUT2D eigenvalue weighted by atomic mass is 10.2. The maximum atomic E-state index is 11.4. The van der Waals surface area contributed by atoms with Crippen molar-refractivity contribution in [3.63, 3.8) is 0 Å². The van der Waals surface area contributed by atoms with Crippen molar-refractivity contribution in [2.75, 3.05) is 0 Å². The van der Waals surface area contributed by atoms with Crippen LogP contribution in [0.5, 0.6) is 0 Å². The second kappa shape index (κ2) is 8.11. The summed E-state index contributed by atoms with van der Waals surface area (Å²) in [6, 6.07) is 1.79. The lowest BCUT2D eigenvalue weighted by Crippen LogP contribution is -3.00. The Morgan fingerprint density at radius 1 is 1.29 bits per heavy atom. The molecule has 8 heteroatoms. The third-order valence-corrected chi connectivity index (χ3v) is 2.69. The molecule has 0 aliphatic heterocycles. The molecule has 0 atom stereocenters. The fraction of sp³-hybridized carbons (Fsp3) is 0.308. The molecule has 0 aliphatic carbocycles. The van der Waals surface area contributed by atoms with Gasteiger partial charge in [-0.1, -0.05) is 4.68 Å². The van der Waals surface area contributed by atoms with E-state index < -0.39 is 5.97 Å². The zero-order chi connectivity index (χ0) is 14.4. The molecule has 7 nitrogen and oxygen atoms in total. The Kier molecular flexibility index (Phi) is 6.48. The predicted octanol–water partition coefficient (Wildman–Crippen LogP) is -2.15. The Morgan fingerprint density at radius 2 is 2.10 bits per heavy atom. The van der Waals surface area contributed by atoms with Gasteiger partial charge in [-0.2, -0.15) is 0 Å². The summed E-state index contributed by atoms with van der Waals surface area (Å²) in [6.45, 7) is 0.421. The molecule has 2 heterocycles. The summed E-state index contributed by atoms with van der Waals surface area (Å²) in [5.74, 6) is -0.555. The highest BCUT2D eigenvalue weighted by molar-refractivity contribution is 5.82. The quantitative estimate of drug-likeness (QED) is 0.586. The summed E-state index contributed by atoms with van der Waals surface area (Å²) in [7, 11) is 0. The van der Waals surface area contributed by atoms with Crippen molar-refractivity contribution in [3.8, 4) is 11.5 Å². The molecule has 0 saturated heterocycles. The maximum absolute atomic E-state index is 11.4. The summed E-state index contributed by atoms with van der Waals surface area (Å²) in [6.07, 6.45) is 6.57. The van der Waals surface area contributed by atoms with Gasteiger partial charge in [0.15, 0.2) is 12.7 Å². The van der Waals surface area contributed by atoms with E-state index in [1.54, 1.807) is 29.3 Å². The van der Waals surface area contributed by atoms with E-state index >= 15 is 0 Å². The molecule has 112 valence electrons. The van der Waals surface area contributed by atoms with Gasteiger partial charge in [-0.15, -0.1) is 0 Å². The summed E-state index contributed by atoms with van der Waals surface area (Å²) in [5, 5.41) is 12.6. The van der Waals surface area contributed by atoms with Gasteiger partial charge in [0.2, 0.25) is 5.89 Å². The molecule has 0 aromatic carbocycles. The van der Waals surface area contributed by atoms with E-state index in [2.05, 4.69) is 10.1 Å². The van der Waals surface area contributed by atoms with Crippen molar-refractivity contribution in [1.29, 1.82) is 0 Å². The van der Waals surface area contributed by atoms with Gasteiger partial charge >= 0.3 is 5.97 Å². The van der Waals surface area contributed by atoms with E-state index in [-0.39, 0.29) is 37.5 Å². The average Bonchev–Trinajstić information content (AvgIpc) is 2.97. The SMILES string of the molecule is O=C(O)CCC(=O)CC[n+]1ccc(-c2ncco2)cn1.[Cl-]. The van der Waals surface area contributed by atoms with Crippen LogP contribution in [0.25, 0.3) is 11.5 Å². The van der Waals surface area contributed by atoms with Crippen molar-refractivity contribution in [1.82, 2.24) is 10.1 Å². The molecule has 21 heavy (non-hydrogen) atoms. The molecule has 0 amide bonds. The smallest absolute Gasteiger partial charge is 0.303 e. The van der Waals surface area contributed by atoms with Gasteiger partial charge < -0.3 is 21.9 Å². The molecular formula is C13H14ClN3O4. The number of ketones is 1. The minimum Gasteiger partial charge on any atom is -1.00 e. The Bertz CT molecular complexity index is 584. The summed E-state index contributed by atoms with van der Waals surface area (Å²) in [4.78, 5) is 25.8. The van der Waals surface area contributed by atoms with Gasteiger partial charge in [0.1, 0.15) is 18.2 Å². The summed E-state index contributed by atoms with van der Waals surface area (Å²) in [5.41, 5.74) is 0.753. The van der Waals surface area contributed by atoms with Crippen LogP contribution in [0.4, 0.5) is 0 Å². The Morgan fingerprint density at radius 3 is 2.67 bits per heavy atom. The van der Waals surface area contributed by atoms with Crippen LogP contribution in [0, 0.1) is 0 Å². The number of carboxylic acids is 1. The zero-order valence-corrected chi connectivity index (χ0v) is 11.9. The van der Waals surface area contributed by atoms with Gasteiger partial charge in [-0.3, -0.25) is 9.59 Å². The molecule has 0 unspecified atom stereocenters. The first-order valence-corrected chi connectivity index (χ1v) is 6.14. The number of hydrogen-bond donors (Lipinski definition) is 1. The highest BCUT2D eigenvalue weighted by atomic mass is 35.5. The number of carboxylic acid groups (broad SMARTS) is 1. The number of carbonyl (C=O) groups excluding carboxylic acids is 1. The van der Waals surface area contributed by atoms with E-state index in [1.807, 2.05) is 0 Å². The highest BCUT2D eigenvalue weighted by Gasteiger charge is 2.11. The lowest BCUT2D eigenvalue weighted by Gasteiger charge is -1.96. The van der Waals surface area contributed by atoms with Crippen LogP contribution in [-0.4, -0.2) is 26.9 Å². The third kappa shape index (κ3) is 5.31. The van der Waals surface area contributed by atoms with E-state index in [4.69, 9.17) is 9.52 Å². The first kappa shape index (κ1) is 16.8. The molecule has 0 bridgehead atoms. The molecule has 2 rings (SSSR count). The number of aromatic nitrogens is 3. The zero-order valence-electron chi connectivity index (χ0n) is 11.1. The Hall–Kier alpha value is -2.28. The van der Waals surface area contributed by atoms with Crippen LogP contribution in [0.3, 0.4) is 0 Å². The van der Waals surface area contributed by atoms with E-state index in [1.165, 1.54) is 6.26 Å². The summed E-state index contributed by atoms with van der Waals surface area (Å²) < 4.78 is 6.76. The number of hydrogen-bond acceptors (Lipinski definition) is 5. The predicted molar refractivity (Wildman–Crippen MR) is 66.4 cm³/mol. The number of carbonyl (C=O) groups is 2. The van der Waals surface area contributed by atoms with Crippen LogP contribution in [-0.2, 0) is 16.1 Å².